The van der Waals surface area contributed by atoms with Gasteiger partial charge in [-0.15, -0.1) is 0 Å². The molecule has 0 unspecified atom stereocenters. The van der Waals surface area contributed by atoms with Crippen LogP contribution in [0.4, 0.5) is 0 Å². The maximum absolute atomic E-state index is 4.08. The van der Waals surface area contributed by atoms with E-state index < -0.39 is 0 Å². The lowest BCUT2D eigenvalue weighted by Gasteiger charge is -1.86. The van der Waals surface area contributed by atoms with Crippen LogP contribution in [-0.4, -0.2) is 9.38 Å². The van der Waals surface area contributed by atoms with Gasteiger partial charge < -0.3 is 4.40 Å². The Morgan fingerprint density at radius 2 is 2.10 bits per heavy atom. The zero-order valence-electron chi connectivity index (χ0n) is 5.31. The number of hydrogen-bond donors (Lipinski definition) is 0. The maximum atomic E-state index is 4.08. The van der Waals surface area contributed by atoms with E-state index in [4.69, 9.17) is 0 Å². The molecule has 3 heteroatoms. The minimum Gasteiger partial charge on any atom is -0.307 e. The summed E-state index contributed by atoms with van der Waals surface area (Å²) < 4.78 is 1.97. The fraction of sp³-hybridized carbons (Fsp3) is 0. The van der Waals surface area contributed by atoms with Crippen molar-refractivity contribution < 1.29 is 0 Å². The number of pyridine rings is 1. The third-order valence-corrected chi connectivity index (χ3v) is 1.30. The van der Waals surface area contributed by atoms with Gasteiger partial charge in [0, 0.05) is 24.7 Å². The molecule has 0 aliphatic rings. The van der Waals surface area contributed by atoms with Crippen LogP contribution in [0.2, 0.25) is 0 Å². The van der Waals surface area contributed by atoms with Crippen LogP contribution in [0.1, 0.15) is 0 Å². The van der Waals surface area contributed by atoms with E-state index in [1.54, 1.807) is 6.20 Å². The summed E-state index contributed by atoms with van der Waals surface area (Å²) in [5, 5.41) is 0. The molecule has 0 N–H and O–H groups in total. The van der Waals surface area contributed by atoms with Crippen molar-refractivity contribution >= 4 is 5.65 Å². The Balaban J connectivity index is 0.000000500. The third-order valence-electron chi connectivity index (χ3n) is 1.30. The molecule has 0 saturated heterocycles. The molecule has 2 aromatic heterocycles. The molecule has 0 amide bonds. The molecule has 0 aliphatic heterocycles. The summed E-state index contributed by atoms with van der Waals surface area (Å²) in [6, 6.07) is 5.93. The first-order valence-corrected chi connectivity index (χ1v) is 2.84. The standard InChI is InChI=1S/C7H6N2.N/c1-2-5-9-6-4-8-7(9)3-1;/h1-6H;. The molecule has 0 atom stereocenters. The lowest BCUT2D eigenvalue weighted by Crippen LogP contribution is -1.77. The monoisotopic (exact) mass is 132 g/mol. The van der Waals surface area contributed by atoms with Gasteiger partial charge in [0.15, 0.2) is 0 Å². The zero-order chi connectivity index (χ0) is 6.10. The van der Waals surface area contributed by atoms with E-state index in [-0.39, 0.29) is 6.15 Å². The Bertz CT molecular complexity index is 283. The number of imidazole rings is 1. The van der Waals surface area contributed by atoms with Gasteiger partial charge in [-0.25, -0.2) is 4.98 Å². The Hall–Kier alpha value is -1.35. The molecule has 0 fully saturated rings. The van der Waals surface area contributed by atoms with Gasteiger partial charge in [-0.2, -0.15) is 0 Å². The van der Waals surface area contributed by atoms with E-state index in [2.05, 4.69) is 4.98 Å². The van der Waals surface area contributed by atoms with E-state index in [9.17, 15) is 0 Å². The highest BCUT2D eigenvalue weighted by Gasteiger charge is 1.85. The van der Waals surface area contributed by atoms with E-state index in [1.165, 1.54) is 0 Å². The van der Waals surface area contributed by atoms with Gasteiger partial charge in [0.1, 0.15) is 5.65 Å². The molecule has 0 saturated carbocycles. The summed E-state index contributed by atoms with van der Waals surface area (Å²) in [6.45, 7) is 0. The summed E-state index contributed by atoms with van der Waals surface area (Å²) in [4.78, 5) is 4.08. The van der Waals surface area contributed by atoms with Gasteiger partial charge in [0.25, 0.3) is 0 Å². The molecule has 2 aromatic rings. The van der Waals surface area contributed by atoms with Gasteiger partial charge in [-0.1, -0.05) is 6.07 Å². The van der Waals surface area contributed by atoms with Crippen LogP contribution in [0.3, 0.4) is 0 Å². The fourth-order valence-corrected chi connectivity index (χ4v) is 0.864. The highest BCUT2D eigenvalue weighted by Crippen LogP contribution is 1.96. The van der Waals surface area contributed by atoms with E-state index in [0.717, 1.165) is 5.65 Å². The van der Waals surface area contributed by atoms with Crippen LogP contribution in [0.5, 0.6) is 0 Å². The molecule has 3 radical (unpaired) electrons. The van der Waals surface area contributed by atoms with Crippen molar-refractivity contribution in [3.63, 3.8) is 0 Å². The number of rotatable bonds is 0. The molecule has 2 heterocycles. The van der Waals surface area contributed by atoms with Crippen LogP contribution in [0.15, 0.2) is 36.8 Å². The van der Waals surface area contributed by atoms with Crippen molar-refractivity contribution in [2.45, 2.75) is 0 Å². The second-order valence-corrected chi connectivity index (χ2v) is 1.89. The highest BCUT2D eigenvalue weighted by molar-refractivity contribution is 5.36. The molecule has 0 aromatic carbocycles. The topological polar surface area (TPSA) is 47.8 Å². The van der Waals surface area contributed by atoms with Crippen LogP contribution >= 0.6 is 0 Å². The zero-order valence-corrected chi connectivity index (χ0v) is 5.31. The van der Waals surface area contributed by atoms with E-state index >= 15 is 0 Å². The van der Waals surface area contributed by atoms with Gasteiger partial charge in [-0.05, 0) is 12.1 Å². The van der Waals surface area contributed by atoms with Crippen LogP contribution in [-0.2, 0) is 0 Å². The molecule has 2 rings (SSSR count). The molecule has 49 valence electrons. The normalized spacial score (nSPS) is 9.20. The van der Waals surface area contributed by atoms with Crippen LogP contribution in [0, 0.1) is 0 Å². The maximum Gasteiger partial charge on any atom is 0.136 e. The quantitative estimate of drug-likeness (QED) is 0.524. The van der Waals surface area contributed by atoms with Crippen molar-refractivity contribution in [2.75, 3.05) is 0 Å². The second kappa shape index (κ2) is 2.49. The Morgan fingerprint density at radius 3 is 2.90 bits per heavy atom. The van der Waals surface area contributed by atoms with Gasteiger partial charge in [0.2, 0.25) is 0 Å². The molecular formula is C7H6N3. The molecule has 0 aliphatic carbocycles. The number of fused-ring (bicyclic) bond motifs is 1. The minimum absolute atomic E-state index is 0. The smallest absolute Gasteiger partial charge is 0.136 e. The molecular weight excluding hydrogens is 126 g/mol. The lowest BCUT2D eigenvalue weighted by molar-refractivity contribution is 1.19. The first-order chi connectivity index (χ1) is 4.47. The Morgan fingerprint density at radius 1 is 1.20 bits per heavy atom. The van der Waals surface area contributed by atoms with Crippen molar-refractivity contribution in [2.24, 2.45) is 0 Å². The lowest BCUT2D eigenvalue weighted by atomic mass is 10.5. The summed E-state index contributed by atoms with van der Waals surface area (Å²) in [5.41, 5.74) is 0.998. The predicted octanol–water partition coefficient (Wildman–Crippen LogP) is 0.854. The largest absolute Gasteiger partial charge is 0.307 e. The summed E-state index contributed by atoms with van der Waals surface area (Å²) in [5.74, 6) is 0. The van der Waals surface area contributed by atoms with Crippen LogP contribution in [0.25, 0.3) is 5.65 Å². The molecule has 10 heavy (non-hydrogen) atoms. The van der Waals surface area contributed by atoms with E-state index in [1.807, 2.05) is 35.0 Å². The highest BCUT2D eigenvalue weighted by atomic mass is 15.0. The average molecular weight is 132 g/mol. The minimum atomic E-state index is 0. The summed E-state index contributed by atoms with van der Waals surface area (Å²) in [6.07, 6.45) is 5.69. The molecule has 0 bridgehead atoms. The first-order valence-electron chi connectivity index (χ1n) is 2.84. The molecule has 0 spiro atoms. The van der Waals surface area contributed by atoms with Gasteiger partial charge in [-0.3, -0.25) is 0 Å². The van der Waals surface area contributed by atoms with Crippen LogP contribution < -0.4 is 6.15 Å². The SMILES string of the molecule is [N].c1ccn2ccnc2c1. The van der Waals surface area contributed by atoms with Gasteiger partial charge >= 0.3 is 0 Å². The van der Waals surface area contributed by atoms with Gasteiger partial charge in [0.05, 0.1) is 0 Å². The Labute approximate surface area is 58.9 Å². The number of nitrogens with zero attached hydrogens (tertiary/aromatic N) is 3. The Kier molecular flexibility index (Phi) is 1.69. The number of aromatic nitrogens is 2. The third kappa shape index (κ3) is 0.867. The summed E-state index contributed by atoms with van der Waals surface area (Å²) in [7, 11) is 0. The first kappa shape index (κ1) is 6.77. The van der Waals surface area contributed by atoms with Crippen molar-refractivity contribution in [3.8, 4) is 0 Å². The average Bonchev–Trinajstić information content (AvgIpc) is 2.33. The van der Waals surface area contributed by atoms with E-state index in [0.29, 0.717) is 0 Å². The summed E-state index contributed by atoms with van der Waals surface area (Å²) >= 11 is 0. The number of hydrogen-bond acceptors (Lipinski definition) is 1. The van der Waals surface area contributed by atoms with Crippen molar-refractivity contribution in [1.82, 2.24) is 15.5 Å². The molecule has 3 nitrogen and oxygen atoms in total. The second-order valence-electron chi connectivity index (χ2n) is 1.89. The van der Waals surface area contributed by atoms with Crippen molar-refractivity contribution in [1.29, 1.82) is 0 Å². The predicted molar refractivity (Wildman–Crippen MR) is 37.3 cm³/mol. The van der Waals surface area contributed by atoms with Crippen molar-refractivity contribution in [3.05, 3.63) is 36.8 Å². The fourth-order valence-electron chi connectivity index (χ4n) is 0.864.